The van der Waals surface area contributed by atoms with E-state index in [0.29, 0.717) is 32.8 Å². The van der Waals surface area contributed by atoms with Gasteiger partial charge in [-0.15, -0.1) is 0 Å². The second kappa shape index (κ2) is 11.4. The molecule has 0 atom stereocenters. The van der Waals surface area contributed by atoms with Crippen LogP contribution in [-0.2, 0) is 16.1 Å². The van der Waals surface area contributed by atoms with E-state index in [-0.39, 0.29) is 23.6 Å². The summed E-state index contributed by atoms with van der Waals surface area (Å²) in [4.78, 5) is 25.7. The van der Waals surface area contributed by atoms with Gasteiger partial charge in [0.15, 0.2) is 17.2 Å². The average Bonchev–Trinajstić information content (AvgIpc) is 3.33. The Bertz CT molecular complexity index is 1450. The van der Waals surface area contributed by atoms with Crippen LogP contribution in [0.4, 0.5) is 0 Å². The van der Waals surface area contributed by atoms with Crippen molar-refractivity contribution in [2.45, 2.75) is 6.61 Å². The molecule has 0 saturated carbocycles. The maximum atomic E-state index is 12.9. The molecule has 0 saturated heterocycles. The zero-order valence-corrected chi connectivity index (χ0v) is 21.7. The first-order valence-electron chi connectivity index (χ1n) is 11.0. The number of carbonyl (C=O) groups is 2. The second-order valence-corrected chi connectivity index (χ2v) is 8.54. The van der Waals surface area contributed by atoms with Gasteiger partial charge in [0.25, 0.3) is 0 Å². The summed E-state index contributed by atoms with van der Waals surface area (Å²) in [5.74, 6) is -0.663. The van der Waals surface area contributed by atoms with Gasteiger partial charge in [-0.05, 0) is 42.5 Å². The van der Waals surface area contributed by atoms with E-state index in [2.05, 4.69) is 5.10 Å². The van der Waals surface area contributed by atoms with Crippen LogP contribution in [-0.4, -0.2) is 43.0 Å². The third-order valence-electron chi connectivity index (χ3n) is 5.49. The number of carbonyl (C=O) groups excluding carboxylic acids is 2. The molecule has 190 valence electrons. The number of aromatic nitrogens is 2. The minimum absolute atomic E-state index is 0.0399. The molecule has 4 aromatic rings. The number of hydrogen-bond donors (Lipinski definition) is 0. The van der Waals surface area contributed by atoms with Crippen LogP contribution in [0.2, 0.25) is 10.0 Å². The van der Waals surface area contributed by atoms with Crippen molar-refractivity contribution in [3.05, 3.63) is 93.6 Å². The Morgan fingerprint density at radius 1 is 0.865 bits per heavy atom. The molecule has 0 aliphatic rings. The van der Waals surface area contributed by atoms with Crippen molar-refractivity contribution in [2.75, 3.05) is 21.3 Å². The summed E-state index contributed by atoms with van der Waals surface area (Å²) < 4.78 is 22.8. The van der Waals surface area contributed by atoms with Crippen LogP contribution < -0.4 is 9.47 Å². The first-order chi connectivity index (χ1) is 17.9. The Hall–Kier alpha value is -4.01. The Morgan fingerprint density at radius 2 is 1.59 bits per heavy atom. The minimum Gasteiger partial charge on any atom is -0.493 e. The number of rotatable bonds is 8. The van der Waals surface area contributed by atoms with Crippen molar-refractivity contribution in [3.8, 4) is 28.4 Å². The predicted molar refractivity (Wildman–Crippen MR) is 139 cm³/mol. The molecule has 0 unspecified atom stereocenters. The van der Waals surface area contributed by atoms with Gasteiger partial charge in [0.2, 0.25) is 0 Å². The summed E-state index contributed by atoms with van der Waals surface area (Å²) in [6, 6.07) is 19.1. The zero-order valence-electron chi connectivity index (χ0n) is 20.2. The van der Waals surface area contributed by atoms with Gasteiger partial charge in [0.05, 0.1) is 27.0 Å². The molecule has 0 radical (unpaired) electrons. The summed E-state index contributed by atoms with van der Waals surface area (Å²) in [5, 5.41) is 5.60. The predicted octanol–water partition coefficient (Wildman–Crippen LogP) is 6.01. The summed E-state index contributed by atoms with van der Waals surface area (Å²) in [5.41, 5.74) is 1.91. The average molecular weight is 541 g/mol. The summed E-state index contributed by atoms with van der Waals surface area (Å²) in [6.07, 6.45) is 0. The highest BCUT2D eigenvalue weighted by molar-refractivity contribution is 6.35. The molecule has 0 spiro atoms. The lowest BCUT2D eigenvalue weighted by atomic mass is 10.0. The molecule has 10 heteroatoms. The van der Waals surface area contributed by atoms with E-state index in [1.807, 2.05) is 6.07 Å². The molecule has 0 amide bonds. The van der Waals surface area contributed by atoms with E-state index in [4.69, 9.17) is 42.1 Å². The summed E-state index contributed by atoms with van der Waals surface area (Å²) in [6.45, 7) is 0.175. The lowest BCUT2D eigenvalue weighted by Gasteiger charge is -2.13. The molecule has 0 fully saturated rings. The molecule has 0 aliphatic heterocycles. The Balaban J connectivity index is 1.79. The SMILES string of the molecule is COC(=O)c1c(-c2ccc(OCc3ccc(Cl)cc3Cl)c(OC)c2)nn(-c2ccccc2)c1C(=O)OC. The van der Waals surface area contributed by atoms with Crippen LogP contribution in [0.15, 0.2) is 66.7 Å². The topological polar surface area (TPSA) is 88.9 Å². The monoisotopic (exact) mass is 540 g/mol. The molecule has 1 heterocycles. The van der Waals surface area contributed by atoms with Crippen molar-refractivity contribution in [1.82, 2.24) is 9.78 Å². The van der Waals surface area contributed by atoms with Crippen LogP contribution in [0.1, 0.15) is 26.4 Å². The number of esters is 2. The minimum atomic E-state index is -0.741. The van der Waals surface area contributed by atoms with Crippen molar-refractivity contribution in [3.63, 3.8) is 0 Å². The maximum Gasteiger partial charge on any atom is 0.357 e. The van der Waals surface area contributed by atoms with E-state index in [1.54, 1.807) is 60.7 Å². The standard InChI is InChI=1S/C27H22Cl2N2O6/c1-34-22-13-16(10-12-21(22)37-15-17-9-11-18(28)14-20(17)29)24-23(26(32)35-2)25(27(33)36-3)31(30-24)19-7-5-4-6-8-19/h4-14H,15H2,1-3H3. The number of hydrogen-bond acceptors (Lipinski definition) is 7. The fourth-order valence-electron chi connectivity index (χ4n) is 3.69. The molecule has 0 aliphatic carbocycles. The fraction of sp³-hybridized carbons (Fsp3) is 0.148. The summed E-state index contributed by atoms with van der Waals surface area (Å²) in [7, 11) is 3.95. The van der Waals surface area contributed by atoms with E-state index in [1.165, 1.54) is 26.0 Å². The van der Waals surface area contributed by atoms with Crippen LogP contribution in [0.25, 0.3) is 16.9 Å². The number of halogens is 2. The smallest absolute Gasteiger partial charge is 0.357 e. The highest BCUT2D eigenvalue weighted by Gasteiger charge is 2.31. The van der Waals surface area contributed by atoms with E-state index in [9.17, 15) is 9.59 Å². The van der Waals surface area contributed by atoms with Gasteiger partial charge in [-0.1, -0.05) is 47.5 Å². The molecule has 3 aromatic carbocycles. The number of methoxy groups -OCH3 is 3. The Labute approximate surface area is 223 Å². The lowest BCUT2D eigenvalue weighted by Crippen LogP contribution is -2.15. The normalized spacial score (nSPS) is 10.6. The van der Waals surface area contributed by atoms with Gasteiger partial charge < -0.3 is 18.9 Å². The molecule has 0 N–H and O–H groups in total. The molecular formula is C27H22Cl2N2O6. The van der Waals surface area contributed by atoms with Crippen molar-refractivity contribution in [2.24, 2.45) is 0 Å². The second-order valence-electron chi connectivity index (χ2n) is 7.69. The molecule has 0 bridgehead atoms. The van der Waals surface area contributed by atoms with Crippen LogP contribution in [0.3, 0.4) is 0 Å². The zero-order chi connectivity index (χ0) is 26.5. The molecule has 1 aromatic heterocycles. The van der Waals surface area contributed by atoms with Crippen LogP contribution >= 0.6 is 23.2 Å². The summed E-state index contributed by atoms with van der Waals surface area (Å²) >= 11 is 12.2. The molecule has 8 nitrogen and oxygen atoms in total. The van der Waals surface area contributed by atoms with Gasteiger partial charge in [-0.2, -0.15) is 5.10 Å². The Kier molecular flexibility index (Phi) is 8.01. The van der Waals surface area contributed by atoms with Crippen LogP contribution in [0, 0.1) is 0 Å². The number of nitrogens with zero attached hydrogens (tertiary/aromatic N) is 2. The quantitative estimate of drug-likeness (QED) is 0.253. The number of para-hydroxylation sites is 1. The van der Waals surface area contributed by atoms with E-state index < -0.39 is 11.9 Å². The maximum absolute atomic E-state index is 12.9. The molecule has 37 heavy (non-hydrogen) atoms. The lowest BCUT2D eigenvalue weighted by molar-refractivity contribution is 0.0549. The first kappa shape index (κ1) is 26.1. The van der Waals surface area contributed by atoms with Crippen molar-refractivity contribution in [1.29, 1.82) is 0 Å². The highest BCUT2D eigenvalue weighted by atomic mass is 35.5. The highest BCUT2D eigenvalue weighted by Crippen LogP contribution is 2.36. The largest absolute Gasteiger partial charge is 0.493 e. The first-order valence-corrected chi connectivity index (χ1v) is 11.7. The number of benzene rings is 3. The fourth-order valence-corrected chi connectivity index (χ4v) is 4.15. The van der Waals surface area contributed by atoms with Gasteiger partial charge in [-0.25, -0.2) is 14.3 Å². The third kappa shape index (κ3) is 5.40. The van der Waals surface area contributed by atoms with Gasteiger partial charge >= 0.3 is 11.9 Å². The number of ether oxygens (including phenoxy) is 4. The third-order valence-corrected chi connectivity index (χ3v) is 6.08. The van der Waals surface area contributed by atoms with Crippen molar-refractivity contribution < 1.29 is 28.5 Å². The van der Waals surface area contributed by atoms with Crippen molar-refractivity contribution >= 4 is 35.1 Å². The van der Waals surface area contributed by atoms with Gasteiger partial charge in [-0.3, -0.25) is 0 Å². The van der Waals surface area contributed by atoms with E-state index in [0.717, 1.165) is 5.56 Å². The van der Waals surface area contributed by atoms with Gasteiger partial charge in [0, 0.05) is 21.2 Å². The molecular weight excluding hydrogens is 519 g/mol. The van der Waals surface area contributed by atoms with E-state index >= 15 is 0 Å². The Morgan fingerprint density at radius 3 is 2.24 bits per heavy atom. The van der Waals surface area contributed by atoms with Crippen LogP contribution in [0.5, 0.6) is 11.5 Å². The van der Waals surface area contributed by atoms with Gasteiger partial charge in [0.1, 0.15) is 17.9 Å². The molecule has 4 rings (SSSR count).